The maximum Gasteiger partial charge on any atom is 0.257 e. The van der Waals surface area contributed by atoms with Gasteiger partial charge in [-0.3, -0.25) is 14.6 Å². The minimum absolute atomic E-state index is 0.169. The molecule has 0 saturated carbocycles. The lowest BCUT2D eigenvalue weighted by Crippen LogP contribution is -2.14. The van der Waals surface area contributed by atoms with Crippen LogP contribution in [0.1, 0.15) is 23.0 Å². The Morgan fingerprint density at radius 2 is 1.73 bits per heavy atom. The zero-order chi connectivity index (χ0) is 18.7. The zero-order valence-electron chi connectivity index (χ0n) is 14.8. The van der Waals surface area contributed by atoms with Crippen LogP contribution < -0.4 is 15.4 Å². The fourth-order valence-electron chi connectivity index (χ4n) is 2.68. The maximum atomic E-state index is 12.7. The van der Waals surface area contributed by atoms with Gasteiger partial charge in [-0.2, -0.15) is 0 Å². The number of nitrogens with zero attached hydrogens (tertiary/aromatic N) is 1. The van der Waals surface area contributed by atoms with Crippen molar-refractivity contribution in [3.8, 4) is 5.75 Å². The Morgan fingerprint density at radius 3 is 2.42 bits per heavy atom. The molecule has 1 aromatic heterocycles. The second-order valence-electron chi connectivity index (χ2n) is 5.90. The zero-order valence-corrected chi connectivity index (χ0v) is 14.8. The Morgan fingerprint density at radius 1 is 1.00 bits per heavy atom. The van der Waals surface area contributed by atoms with Crippen LogP contribution in [0.5, 0.6) is 5.75 Å². The van der Waals surface area contributed by atoms with E-state index in [4.69, 9.17) is 4.74 Å². The van der Waals surface area contributed by atoms with Gasteiger partial charge in [0.25, 0.3) is 5.91 Å². The van der Waals surface area contributed by atoms with E-state index < -0.39 is 0 Å². The van der Waals surface area contributed by atoms with Crippen molar-refractivity contribution in [1.29, 1.82) is 0 Å². The highest BCUT2D eigenvalue weighted by molar-refractivity contribution is 6.07. The number of hydrogen-bond donors (Lipinski definition) is 2. The van der Waals surface area contributed by atoms with E-state index in [2.05, 4.69) is 15.6 Å². The molecular weight excluding hydrogens is 330 g/mol. The Hall–Kier alpha value is -3.41. The van der Waals surface area contributed by atoms with Crippen LogP contribution >= 0.6 is 0 Å². The van der Waals surface area contributed by atoms with Gasteiger partial charge in [0.2, 0.25) is 5.91 Å². The third-order valence-corrected chi connectivity index (χ3v) is 3.90. The quantitative estimate of drug-likeness (QED) is 0.751. The Labute approximate surface area is 151 Å². The van der Waals surface area contributed by atoms with Crippen LogP contribution in [0.3, 0.4) is 0 Å². The average molecular weight is 349 g/mol. The lowest BCUT2D eigenvalue weighted by molar-refractivity contribution is -0.114. The van der Waals surface area contributed by atoms with Gasteiger partial charge in [0.05, 0.1) is 23.9 Å². The molecule has 1 heterocycles. The van der Waals surface area contributed by atoms with Crippen molar-refractivity contribution in [2.45, 2.75) is 13.8 Å². The number of rotatable bonds is 4. The normalized spacial score (nSPS) is 10.4. The first-order chi connectivity index (χ1) is 12.5. The van der Waals surface area contributed by atoms with Crippen molar-refractivity contribution in [3.63, 3.8) is 0 Å². The smallest absolute Gasteiger partial charge is 0.257 e. The van der Waals surface area contributed by atoms with Crippen molar-refractivity contribution in [2.75, 3.05) is 17.7 Å². The monoisotopic (exact) mass is 349 g/mol. The predicted octanol–water partition coefficient (Wildman–Crippen LogP) is 3.76. The summed E-state index contributed by atoms with van der Waals surface area (Å²) in [6.07, 6.45) is 0. The van der Waals surface area contributed by atoms with Crippen molar-refractivity contribution in [3.05, 3.63) is 59.8 Å². The van der Waals surface area contributed by atoms with Gasteiger partial charge in [-0.25, -0.2) is 0 Å². The predicted molar refractivity (Wildman–Crippen MR) is 102 cm³/mol. The number of aromatic nitrogens is 1. The molecule has 3 rings (SSSR count). The molecule has 0 spiro atoms. The summed E-state index contributed by atoms with van der Waals surface area (Å²) in [4.78, 5) is 28.4. The van der Waals surface area contributed by atoms with Crippen LogP contribution in [-0.2, 0) is 4.79 Å². The van der Waals surface area contributed by atoms with Gasteiger partial charge in [0, 0.05) is 23.7 Å². The molecule has 0 saturated heterocycles. The third kappa shape index (κ3) is 3.80. The number of carbonyl (C=O) groups is 2. The van der Waals surface area contributed by atoms with Gasteiger partial charge in [-0.15, -0.1) is 0 Å². The Kier molecular flexibility index (Phi) is 4.84. The fourth-order valence-corrected chi connectivity index (χ4v) is 2.68. The topological polar surface area (TPSA) is 80.3 Å². The van der Waals surface area contributed by atoms with E-state index in [1.807, 2.05) is 18.2 Å². The summed E-state index contributed by atoms with van der Waals surface area (Å²) >= 11 is 0. The summed E-state index contributed by atoms with van der Waals surface area (Å²) in [6, 6.07) is 14.3. The molecule has 0 atom stereocenters. The van der Waals surface area contributed by atoms with Crippen LogP contribution in [-0.4, -0.2) is 23.9 Å². The number of benzene rings is 2. The number of carbonyl (C=O) groups excluding carboxylic acids is 2. The van der Waals surface area contributed by atoms with Crippen LogP contribution in [0.4, 0.5) is 11.4 Å². The number of pyridine rings is 1. The number of methoxy groups -OCH3 is 1. The van der Waals surface area contributed by atoms with Gasteiger partial charge in [-0.1, -0.05) is 6.07 Å². The van der Waals surface area contributed by atoms with Crippen LogP contribution in [0.15, 0.2) is 48.5 Å². The molecule has 3 aromatic rings. The molecule has 2 aromatic carbocycles. The highest BCUT2D eigenvalue weighted by Gasteiger charge is 2.13. The van der Waals surface area contributed by atoms with E-state index in [-0.39, 0.29) is 11.8 Å². The van der Waals surface area contributed by atoms with E-state index in [1.165, 1.54) is 6.92 Å². The second kappa shape index (κ2) is 7.23. The van der Waals surface area contributed by atoms with Crippen molar-refractivity contribution < 1.29 is 14.3 Å². The number of anilines is 2. The molecule has 0 fully saturated rings. The standard InChI is InChI=1S/C20H19N3O3/c1-12-18(10-14-9-17(26-3)7-8-19(14)21-12)20(25)23-16-6-4-5-15(11-16)22-13(2)24/h4-11H,1-3H3,(H,22,24)(H,23,25). The number of hydrogen-bond acceptors (Lipinski definition) is 4. The lowest BCUT2D eigenvalue weighted by Gasteiger charge is -2.11. The Balaban J connectivity index is 1.89. The molecule has 0 aliphatic heterocycles. The summed E-state index contributed by atoms with van der Waals surface area (Å²) in [5, 5.41) is 6.36. The molecule has 0 radical (unpaired) electrons. The summed E-state index contributed by atoms with van der Waals surface area (Å²) in [6.45, 7) is 3.23. The second-order valence-corrected chi connectivity index (χ2v) is 5.90. The number of ether oxygens (including phenoxy) is 1. The van der Waals surface area contributed by atoms with Gasteiger partial charge in [-0.05, 0) is 49.4 Å². The molecule has 2 amide bonds. The first-order valence-electron chi connectivity index (χ1n) is 8.10. The van der Waals surface area contributed by atoms with Gasteiger partial charge in [0.15, 0.2) is 0 Å². The van der Waals surface area contributed by atoms with Crippen molar-refractivity contribution in [1.82, 2.24) is 4.98 Å². The molecule has 0 bridgehead atoms. The van der Waals surface area contributed by atoms with Gasteiger partial charge >= 0.3 is 0 Å². The SMILES string of the molecule is COc1ccc2nc(C)c(C(=O)Nc3cccc(NC(C)=O)c3)cc2c1. The molecular formula is C20H19N3O3. The molecule has 132 valence electrons. The van der Waals surface area contributed by atoms with Gasteiger partial charge in [0.1, 0.15) is 5.75 Å². The average Bonchev–Trinajstić information content (AvgIpc) is 2.60. The molecule has 2 N–H and O–H groups in total. The molecule has 0 aliphatic carbocycles. The number of aryl methyl sites for hydroxylation is 1. The summed E-state index contributed by atoms with van der Waals surface area (Å²) in [5.74, 6) is 0.272. The van der Waals surface area contributed by atoms with Crippen molar-refractivity contribution in [2.24, 2.45) is 0 Å². The maximum absolute atomic E-state index is 12.7. The van der Waals surface area contributed by atoms with E-state index >= 15 is 0 Å². The van der Waals surface area contributed by atoms with Crippen LogP contribution in [0.2, 0.25) is 0 Å². The minimum atomic E-state index is -0.264. The molecule has 6 heteroatoms. The summed E-state index contributed by atoms with van der Waals surface area (Å²) in [5.41, 5.74) is 3.13. The first kappa shape index (κ1) is 17.4. The highest BCUT2D eigenvalue weighted by Crippen LogP contribution is 2.23. The number of nitrogens with one attached hydrogen (secondary N) is 2. The van der Waals surface area contributed by atoms with E-state index in [0.717, 1.165) is 10.9 Å². The summed E-state index contributed by atoms with van der Waals surface area (Å²) in [7, 11) is 1.60. The van der Waals surface area contributed by atoms with Crippen molar-refractivity contribution >= 4 is 34.1 Å². The number of fused-ring (bicyclic) bond motifs is 1. The van der Waals surface area contributed by atoms with Gasteiger partial charge < -0.3 is 15.4 Å². The molecule has 6 nitrogen and oxygen atoms in total. The fraction of sp³-hybridized carbons (Fsp3) is 0.150. The van der Waals surface area contributed by atoms with Crippen LogP contribution in [0.25, 0.3) is 10.9 Å². The third-order valence-electron chi connectivity index (χ3n) is 3.90. The lowest BCUT2D eigenvalue weighted by atomic mass is 10.1. The van der Waals surface area contributed by atoms with Crippen LogP contribution in [0, 0.1) is 6.92 Å². The van der Waals surface area contributed by atoms with E-state index in [0.29, 0.717) is 28.4 Å². The Bertz CT molecular complexity index is 999. The largest absolute Gasteiger partial charge is 0.497 e. The molecule has 0 aliphatic rings. The minimum Gasteiger partial charge on any atom is -0.497 e. The highest BCUT2D eigenvalue weighted by atomic mass is 16.5. The van der Waals surface area contributed by atoms with E-state index in [1.54, 1.807) is 44.4 Å². The summed E-state index contributed by atoms with van der Waals surface area (Å²) < 4.78 is 5.23. The molecule has 0 unspecified atom stereocenters. The molecule has 26 heavy (non-hydrogen) atoms. The van der Waals surface area contributed by atoms with E-state index in [9.17, 15) is 9.59 Å². The first-order valence-corrected chi connectivity index (χ1v) is 8.10. The number of amides is 2.